The minimum Gasteiger partial charge on any atom is -0.382 e. The van der Waals surface area contributed by atoms with E-state index in [0.29, 0.717) is 0 Å². The maximum atomic E-state index is 12.1. The SMILES string of the molecule is OC(CNCc1ccc2cnccc2c1)C(F)(F)F. The van der Waals surface area contributed by atoms with Crippen LogP contribution in [0.25, 0.3) is 10.8 Å². The van der Waals surface area contributed by atoms with Gasteiger partial charge in [0.25, 0.3) is 0 Å². The molecule has 0 aliphatic carbocycles. The molecule has 102 valence electrons. The lowest BCUT2D eigenvalue weighted by atomic mass is 10.1. The summed E-state index contributed by atoms with van der Waals surface area (Å²) in [7, 11) is 0. The predicted octanol–water partition coefficient (Wildman–Crippen LogP) is 2.25. The summed E-state index contributed by atoms with van der Waals surface area (Å²) in [6.45, 7) is -0.247. The van der Waals surface area contributed by atoms with Gasteiger partial charge in [-0.05, 0) is 23.1 Å². The van der Waals surface area contributed by atoms with Gasteiger partial charge in [0.05, 0.1) is 0 Å². The highest BCUT2D eigenvalue weighted by Gasteiger charge is 2.37. The van der Waals surface area contributed by atoms with Gasteiger partial charge in [0.1, 0.15) is 0 Å². The van der Waals surface area contributed by atoms with Crippen LogP contribution in [0.4, 0.5) is 13.2 Å². The fraction of sp³-hybridized carbons (Fsp3) is 0.308. The van der Waals surface area contributed by atoms with E-state index in [1.165, 1.54) is 0 Å². The molecular formula is C13H13F3N2O. The zero-order valence-corrected chi connectivity index (χ0v) is 9.98. The van der Waals surface area contributed by atoms with Crippen molar-refractivity contribution in [3.8, 4) is 0 Å². The van der Waals surface area contributed by atoms with Gasteiger partial charge in [-0.3, -0.25) is 4.98 Å². The number of rotatable bonds is 4. The molecule has 1 aromatic heterocycles. The first-order valence-corrected chi connectivity index (χ1v) is 5.75. The zero-order chi connectivity index (χ0) is 13.9. The maximum absolute atomic E-state index is 12.1. The van der Waals surface area contributed by atoms with Gasteiger partial charge in [-0.25, -0.2) is 0 Å². The largest absolute Gasteiger partial charge is 0.415 e. The molecule has 0 saturated carbocycles. The van der Waals surface area contributed by atoms with E-state index in [9.17, 15) is 13.2 Å². The molecule has 0 bridgehead atoms. The molecule has 0 saturated heterocycles. The number of nitrogens with one attached hydrogen (secondary N) is 1. The summed E-state index contributed by atoms with van der Waals surface area (Å²) in [5.41, 5.74) is 0.855. The quantitative estimate of drug-likeness (QED) is 0.895. The lowest BCUT2D eigenvalue weighted by molar-refractivity contribution is -0.201. The summed E-state index contributed by atoms with van der Waals surface area (Å²) in [6.07, 6.45) is -3.54. The highest BCUT2D eigenvalue weighted by Crippen LogP contribution is 2.19. The van der Waals surface area contributed by atoms with Crippen molar-refractivity contribution in [1.82, 2.24) is 10.3 Å². The molecule has 2 rings (SSSR count). The Morgan fingerprint density at radius 1 is 1.21 bits per heavy atom. The van der Waals surface area contributed by atoms with Crippen LogP contribution in [-0.4, -0.2) is 28.9 Å². The first-order chi connectivity index (χ1) is 8.97. The molecular weight excluding hydrogens is 257 g/mol. The second kappa shape index (κ2) is 5.54. The summed E-state index contributed by atoms with van der Waals surface area (Å²) in [4.78, 5) is 3.98. The van der Waals surface area contributed by atoms with E-state index in [-0.39, 0.29) is 6.54 Å². The molecule has 0 radical (unpaired) electrons. The Bertz CT molecular complexity index is 557. The van der Waals surface area contributed by atoms with E-state index in [0.717, 1.165) is 16.3 Å². The van der Waals surface area contributed by atoms with Gasteiger partial charge in [-0.15, -0.1) is 0 Å². The van der Waals surface area contributed by atoms with Crippen molar-refractivity contribution in [2.24, 2.45) is 0 Å². The van der Waals surface area contributed by atoms with Gasteiger partial charge in [-0.2, -0.15) is 13.2 Å². The number of alkyl halides is 3. The second-order valence-corrected chi connectivity index (χ2v) is 4.25. The number of fused-ring (bicyclic) bond motifs is 1. The summed E-state index contributed by atoms with van der Waals surface area (Å²) >= 11 is 0. The summed E-state index contributed by atoms with van der Waals surface area (Å²) in [5, 5.41) is 13.4. The normalized spacial score (nSPS) is 13.7. The average molecular weight is 270 g/mol. The molecule has 19 heavy (non-hydrogen) atoms. The standard InChI is InChI=1S/C13H13F3N2O/c14-13(15,16)12(19)8-18-6-9-1-2-11-7-17-4-3-10(11)5-9/h1-5,7,12,18-19H,6,8H2. The molecule has 0 aliphatic heterocycles. The van der Waals surface area contributed by atoms with E-state index >= 15 is 0 Å². The Morgan fingerprint density at radius 2 is 2.00 bits per heavy atom. The molecule has 0 amide bonds. The fourth-order valence-corrected chi connectivity index (χ4v) is 1.71. The van der Waals surface area contributed by atoms with Gasteiger partial charge in [0.2, 0.25) is 0 Å². The van der Waals surface area contributed by atoms with Crippen LogP contribution in [0, 0.1) is 0 Å². The molecule has 1 unspecified atom stereocenters. The van der Waals surface area contributed by atoms with E-state index in [4.69, 9.17) is 5.11 Å². The van der Waals surface area contributed by atoms with Crippen molar-refractivity contribution in [2.45, 2.75) is 18.8 Å². The highest BCUT2D eigenvalue weighted by molar-refractivity contribution is 5.81. The predicted molar refractivity (Wildman–Crippen MR) is 65.5 cm³/mol. The molecule has 3 nitrogen and oxygen atoms in total. The molecule has 1 heterocycles. The minimum absolute atomic E-state index is 0.269. The molecule has 1 aromatic carbocycles. The Morgan fingerprint density at radius 3 is 2.74 bits per heavy atom. The van der Waals surface area contributed by atoms with E-state index in [1.807, 2.05) is 24.3 Å². The first-order valence-electron chi connectivity index (χ1n) is 5.75. The average Bonchev–Trinajstić information content (AvgIpc) is 2.37. The van der Waals surface area contributed by atoms with Crippen molar-refractivity contribution < 1.29 is 18.3 Å². The Kier molecular flexibility index (Phi) is 4.01. The van der Waals surface area contributed by atoms with Crippen molar-refractivity contribution in [2.75, 3.05) is 6.54 Å². The van der Waals surface area contributed by atoms with E-state index < -0.39 is 18.8 Å². The molecule has 0 fully saturated rings. The number of nitrogens with zero attached hydrogens (tertiary/aromatic N) is 1. The minimum atomic E-state index is -4.58. The second-order valence-electron chi connectivity index (χ2n) is 4.25. The zero-order valence-electron chi connectivity index (χ0n) is 9.98. The molecule has 0 spiro atoms. The fourth-order valence-electron chi connectivity index (χ4n) is 1.71. The maximum Gasteiger partial charge on any atom is 0.415 e. The van der Waals surface area contributed by atoms with Crippen LogP contribution >= 0.6 is 0 Å². The summed E-state index contributed by atoms with van der Waals surface area (Å²) < 4.78 is 36.3. The smallest absolute Gasteiger partial charge is 0.382 e. The van der Waals surface area contributed by atoms with E-state index in [1.54, 1.807) is 12.4 Å². The number of hydrogen-bond donors (Lipinski definition) is 2. The Labute approximate surface area is 108 Å². The van der Waals surface area contributed by atoms with Crippen LogP contribution in [-0.2, 0) is 6.54 Å². The van der Waals surface area contributed by atoms with Crippen molar-refractivity contribution in [1.29, 1.82) is 0 Å². The molecule has 2 aromatic rings. The van der Waals surface area contributed by atoms with Gasteiger partial charge in [-0.1, -0.05) is 12.1 Å². The summed E-state index contributed by atoms with van der Waals surface area (Å²) in [6, 6.07) is 7.39. The lowest BCUT2D eigenvalue weighted by Gasteiger charge is -2.15. The number of aromatic nitrogens is 1. The third kappa shape index (κ3) is 3.65. The van der Waals surface area contributed by atoms with Gasteiger partial charge in [0.15, 0.2) is 6.10 Å². The molecule has 2 N–H and O–H groups in total. The first kappa shape index (κ1) is 13.8. The summed E-state index contributed by atoms with van der Waals surface area (Å²) in [5.74, 6) is 0. The van der Waals surface area contributed by atoms with Crippen LogP contribution in [0.5, 0.6) is 0 Å². The Hall–Kier alpha value is -1.66. The van der Waals surface area contributed by atoms with Gasteiger partial charge >= 0.3 is 6.18 Å². The van der Waals surface area contributed by atoms with Gasteiger partial charge < -0.3 is 10.4 Å². The molecule has 0 aliphatic rings. The van der Waals surface area contributed by atoms with Crippen molar-refractivity contribution in [3.63, 3.8) is 0 Å². The number of pyridine rings is 1. The number of benzene rings is 1. The number of hydrogen-bond acceptors (Lipinski definition) is 3. The monoisotopic (exact) mass is 270 g/mol. The third-order valence-corrected chi connectivity index (χ3v) is 2.75. The van der Waals surface area contributed by atoms with E-state index in [2.05, 4.69) is 10.3 Å². The van der Waals surface area contributed by atoms with Crippen molar-refractivity contribution >= 4 is 10.8 Å². The third-order valence-electron chi connectivity index (χ3n) is 2.75. The molecule has 6 heteroatoms. The van der Waals surface area contributed by atoms with Crippen molar-refractivity contribution in [3.05, 3.63) is 42.2 Å². The van der Waals surface area contributed by atoms with Gasteiger partial charge in [0, 0.05) is 30.9 Å². The van der Waals surface area contributed by atoms with Crippen LogP contribution in [0.1, 0.15) is 5.56 Å². The number of aliphatic hydroxyl groups excluding tert-OH is 1. The van der Waals surface area contributed by atoms with Crippen LogP contribution in [0.2, 0.25) is 0 Å². The number of aliphatic hydroxyl groups is 1. The van der Waals surface area contributed by atoms with Crippen LogP contribution in [0.3, 0.4) is 0 Å². The van der Waals surface area contributed by atoms with Crippen LogP contribution in [0.15, 0.2) is 36.7 Å². The topological polar surface area (TPSA) is 45.1 Å². The highest BCUT2D eigenvalue weighted by atomic mass is 19.4. The number of halogens is 3. The lowest BCUT2D eigenvalue weighted by Crippen LogP contribution is -2.38. The Balaban J connectivity index is 1.95. The van der Waals surface area contributed by atoms with Crippen LogP contribution < -0.4 is 5.32 Å². The molecule has 1 atom stereocenters.